The first-order chi connectivity index (χ1) is 8.22. The molecule has 5 heteroatoms. The SMILES string of the molecule is CCCCc1nc(SCCC)nc(N)c1C#N. The molecule has 17 heavy (non-hydrogen) atoms. The molecule has 0 aliphatic heterocycles. The van der Waals surface area contributed by atoms with E-state index in [1.807, 2.05) is 0 Å². The zero-order chi connectivity index (χ0) is 12.7. The van der Waals surface area contributed by atoms with Crippen molar-refractivity contribution in [2.75, 3.05) is 11.5 Å². The highest BCUT2D eigenvalue weighted by molar-refractivity contribution is 7.99. The van der Waals surface area contributed by atoms with Crippen LogP contribution < -0.4 is 5.73 Å². The summed E-state index contributed by atoms with van der Waals surface area (Å²) in [6.45, 7) is 4.22. The topological polar surface area (TPSA) is 75.6 Å². The van der Waals surface area contributed by atoms with E-state index in [1.165, 1.54) is 0 Å². The summed E-state index contributed by atoms with van der Waals surface area (Å²) in [6, 6.07) is 2.10. The van der Waals surface area contributed by atoms with Gasteiger partial charge in [0.25, 0.3) is 0 Å². The Morgan fingerprint density at radius 1 is 1.29 bits per heavy atom. The van der Waals surface area contributed by atoms with E-state index >= 15 is 0 Å². The van der Waals surface area contributed by atoms with Crippen LogP contribution in [0.3, 0.4) is 0 Å². The molecule has 1 aromatic rings. The van der Waals surface area contributed by atoms with Gasteiger partial charge in [-0.05, 0) is 19.3 Å². The van der Waals surface area contributed by atoms with Gasteiger partial charge in [0, 0.05) is 5.75 Å². The molecule has 1 rings (SSSR count). The Morgan fingerprint density at radius 3 is 2.65 bits per heavy atom. The largest absolute Gasteiger partial charge is 0.382 e. The van der Waals surface area contributed by atoms with Crippen LogP contribution in [0.15, 0.2) is 5.16 Å². The maximum atomic E-state index is 9.05. The Labute approximate surface area is 107 Å². The third-order valence-corrected chi connectivity index (χ3v) is 3.36. The van der Waals surface area contributed by atoms with Crippen LogP contribution in [0, 0.1) is 11.3 Å². The van der Waals surface area contributed by atoms with E-state index in [1.54, 1.807) is 11.8 Å². The highest BCUT2D eigenvalue weighted by Crippen LogP contribution is 2.21. The lowest BCUT2D eigenvalue weighted by Crippen LogP contribution is -2.05. The number of unbranched alkanes of at least 4 members (excludes halogenated alkanes) is 1. The summed E-state index contributed by atoms with van der Waals surface area (Å²) in [6.07, 6.45) is 3.96. The highest BCUT2D eigenvalue weighted by atomic mass is 32.2. The molecular formula is C12H18N4S. The predicted octanol–water partition coefficient (Wildman–Crippen LogP) is 2.78. The molecule has 0 aliphatic rings. The average molecular weight is 250 g/mol. The van der Waals surface area contributed by atoms with Gasteiger partial charge in [-0.15, -0.1) is 0 Å². The van der Waals surface area contributed by atoms with E-state index < -0.39 is 0 Å². The number of aryl methyl sites for hydroxylation is 1. The Kier molecular flexibility index (Phi) is 5.78. The second-order valence-corrected chi connectivity index (χ2v) is 4.84. The molecule has 0 fully saturated rings. The summed E-state index contributed by atoms with van der Waals surface area (Å²) >= 11 is 1.59. The summed E-state index contributed by atoms with van der Waals surface area (Å²) in [7, 11) is 0. The van der Waals surface area contributed by atoms with E-state index in [9.17, 15) is 0 Å². The zero-order valence-electron chi connectivity index (χ0n) is 10.4. The van der Waals surface area contributed by atoms with Crippen LogP contribution in [-0.4, -0.2) is 15.7 Å². The third-order valence-electron chi connectivity index (χ3n) is 2.31. The van der Waals surface area contributed by atoms with E-state index in [2.05, 4.69) is 29.9 Å². The van der Waals surface area contributed by atoms with Crippen LogP contribution in [0.1, 0.15) is 44.4 Å². The molecule has 4 nitrogen and oxygen atoms in total. The van der Waals surface area contributed by atoms with Gasteiger partial charge >= 0.3 is 0 Å². The summed E-state index contributed by atoms with van der Waals surface area (Å²) in [5.41, 5.74) is 7.03. The number of thioether (sulfide) groups is 1. The molecule has 0 saturated heterocycles. The Morgan fingerprint density at radius 2 is 2.06 bits per heavy atom. The molecule has 2 N–H and O–H groups in total. The summed E-state index contributed by atoms with van der Waals surface area (Å²) in [5, 5.41) is 9.74. The van der Waals surface area contributed by atoms with Crippen LogP contribution in [0.2, 0.25) is 0 Å². The van der Waals surface area contributed by atoms with Crippen molar-refractivity contribution in [1.82, 2.24) is 9.97 Å². The Balaban J connectivity index is 2.97. The van der Waals surface area contributed by atoms with Gasteiger partial charge < -0.3 is 5.73 Å². The molecule has 0 amide bonds. The minimum Gasteiger partial charge on any atom is -0.382 e. The molecule has 0 saturated carbocycles. The summed E-state index contributed by atoms with van der Waals surface area (Å²) in [4.78, 5) is 8.59. The number of aromatic nitrogens is 2. The Hall–Kier alpha value is -1.28. The van der Waals surface area contributed by atoms with Crippen LogP contribution >= 0.6 is 11.8 Å². The van der Waals surface area contributed by atoms with Crippen molar-refractivity contribution < 1.29 is 0 Å². The normalized spacial score (nSPS) is 10.2. The number of nitrogens with two attached hydrogens (primary N) is 1. The van der Waals surface area contributed by atoms with Crippen molar-refractivity contribution in [1.29, 1.82) is 5.26 Å². The predicted molar refractivity (Wildman–Crippen MR) is 70.8 cm³/mol. The second-order valence-electron chi connectivity index (χ2n) is 3.78. The first-order valence-corrected chi connectivity index (χ1v) is 6.90. The second kappa shape index (κ2) is 7.13. The lowest BCUT2D eigenvalue weighted by Gasteiger charge is -2.07. The minimum atomic E-state index is 0.312. The molecule has 92 valence electrons. The van der Waals surface area contributed by atoms with Crippen LogP contribution in [-0.2, 0) is 6.42 Å². The van der Waals surface area contributed by atoms with Gasteiger partial charge in [0.2, 0.25) is 0 Å². The van der Waals surface area contributed by atoms with Crippen molar-refractivity contribution in [3.05, 3.63) is 11.3 Å². The lowest BCUT2D eigenvalue weighted by molar-refractivity contribution is 0.755. The van der Waals surface area contributed by atoms with Crippen LogP contribution in [0.25, 0.3) is 0 Å². The van der Waals surface area contributed by atoms with Gasteiger partial charge in [-0.2, -0.15) is 5.26 Å². The molecular weight excluding hydrogens is 232 g/mol. The van der Waals surface area contributed by atoms with Gasteiger partial charge in [-0.3, -0.25) is 0 Å². The molecule has 0 bridgehead atoms. The van der Waals surface area contributed by atoms with E-state index in [4.69, 9.17) is 11.0 Å². The van der Waals surface area contributed by atoms with Gasteiger partial charge in [0.15, 0.2) is 5.16 Å². The number of hydrogen-bond acceptors (Lipinski definition) is 5. The van der Waals surface area contributed by atoms with Gasteiger partial charge in [0.1, 0.15) is 17.5 Å². The number of nitrogens with zero attached hydrogens (tertiary/aromatic N) is 3. The fourth-order valence-corrected chi connectivity index (χ4v) is 2.13. The van der Waals surface area contributed by atoms with Crippen molar-refractivity contribution in [3.63, 3.8) is 0 Å². The maximum absolute atomic E-state index is 9.05. The van der Waals surface area contributed by atoms with Crippen LogP contribution in [0.5, 0.6) is 0 Å². The van der Waals surface area contributed by atoms with Crippen LogP contribution in [0.4, 0.5) is 5.82 Å². The summed E-state index contributed by atoms with van der Waals surface area (Å²) in [5.74, 6) is 1.28. The number of rotatable bonds is 6. The number of anilines is 1. The third kappa shape index (κ3) is 3.90. The first-order valence-electron chi connectivity index (χ1n) is 5.92. The molecule has 0 unspecified atom stereocenters. The molecule has 0 spiro atoms. The van der Waals surface area contributed by atoms with Crippen molar-refractivity contribution >= 4 is 17.6 Å². The lowest BCUT2D eigenvalue weighted by atomic mass is 10.1. The molecule has 0 aromatic carbocycles. The van der Waals surface area contributed by atoms with Gasteiger partial charge in [-0.1, -0.05) is 32.0 Å². The van der Waals surface area contributed by atoms with Crippen molar-refractivity contribution in [2.45, 2.75) is 44.7 Å². The fourth-order valence-electron chi connectivity index (χ4n) is 1.41. The molecule has 0 radical (unpaired) electrons. The maximum Gasteiger partial charge on any atom is 0.189 e. The number of nitrogen functional groups attached to an aromatic ring is 1. The molecule has 1 heterocycles. The van der Waals surface area contributed by atoms with Gasteiger partial charge in [-0.25, -0.2) is 9.97 Å². The first kappa shape index (κ1) is 13.8. The van der Waals surface area contributed by atoms with Crippen molar-refractivity contribution in [3.8, 4) is 6.07 Å². The van der Waals surface area contributed by atoms with Gasteiger partial charge in [0.05, 0.1) is 5.69 Å². The fraction of sp³-hybridized carbons (Fsp3) is 0.583. The zero-order valence-corrected chi connectivity index (χ0v) is 11.2. The summed E-state index contributed by atoms with van der Waals surface area (Å²) < 4.78 is 0. The van der Waals surface area contributed by atoms with Crippen molar-refractivity contribution in [2.24, 2.45) is 0 Å². The van der Waals surface area contributed by atoms with E-state index in [0.717, 1.165) is 37.1 Å². The smallest absolute Gasteiger partial charge is 0.189 e. The number of nitriles is 1. The standard InChI is InChI=1S/C12H18N4S/c1-3-5-6-10-9(8-13)11(14)16-12(15-10)17-7-4-2/h3-7H2,1-2H3,(H2,14,15,16). The highest BCUT2D eigenvalue weighted by Gasteiger charge is 2.11. The van der Waals surface area contributed by atoms with E-state index in [0.29, 0.717) is 16.5 Å². The molecule has 0 atom stereocenters. The molecule has 1 aromatic heterocycles. The monoisotopic (exact) mass is 250 g/mol. The average Bonchev–Trinajstić information content (AvgIpc) is 2.33. The van der Waals surface area contributed by atoms with E-state index in [-0.39, 0.29) is 0 Å². The minimum absolute atomic E-state index is 0.312. The Bertz CT molecular complexity index is 412. The quantitative estimate of drug-likeness (QED) is 0.620. The molecule has 0 aliphatic carbocycles. The number of hydrogen-bond donors (Lipinski definition) is 1.